The minimum absolute atomic E-state index is 1.13. The molecule has 64 heavy (non-hydrogen) atoms. The lowest BCUT2D eigenvalue weighted by molar-refractivity contribution is 1.27. The molecule has 0 fully saturated rings. The van der Waals surface area contributed by atoms with Gasteiger partial charge < -0.3 is 4.90 Å². The fourth-order valence-corrected chi connectivity index (χ4v) is 11.6. The molecule has 0 aliphatic carbocycles. The lowest BCUT2D eigenvalue weighted by Gasteiger charge is -2.26. The summed E-state index contributed by atoms with van der Waals surface area (Å²) >= 11 is 1.91. The van der Waals surface area contributed by atoms with Crippen molar-refractivity contribution < 1.29 is 0 Å². The van der Waals surface area contributed by atoms with Crippen LogP contribution in [0.2, 0.25) is 0 Å². The van der Waals surface area contributed by atoms with E-state index in [4.69, 9.17) is 0 Å². The first-order chi connectivity index (χ1) is 31.5. The molecule has 0 aliphatic heterocycles. The van der Waals surface area contributed by atoms with Crippen LogP contribution < -0.4 is 4.90 Å². The van der Waals surface area contributed by atoms with Crippen LogP contribution in [0.1, 0.15) is 11.1 Å². The molecule has 1 aromatic heterocycles. The predicted molar refractivity (Wildman–Crippen MR) is 279 cm³/mol. The molecule has 0 amide bonds. The number of nitrogens with zero attached hydrogens (tertiary/aromatic N) is 1. The van der Waals surface area contributed by atoms with Gasteiger partial charge in [0, 0.05) is 37.2 Å². The van der Waals surface area contributed by atoms with Gasteiger partial charge >= 0.3 is 0 Å². The molecule has 300 valence electrons. The van der Waals surface area contributed by atoms with E-state index in [9.17, 15) is 0 Å². The molecule has 0 N–H and O–H groups in total. The van der Waals surface area contributed by atoms with Crippen molar-refractivity contribution in [3.63, 3.8) is 0 Å². The Morgan fingerprint density at radius 1 is 0.281 bits per heavy atom. The molecular weight excluding hydrogens is 791 g/mol. The maximum Gasteiger partial charge on any atom is 0.0462 e. The molecule has 13 aromatic rings. The van der Waals surface area contributed by atoms with E-state index < -0.39 is 0 Å². The number of rotatable bonds is 5. The largest absolute Gasteiger partial charge is 0.311 e. The van der Waals surface area contributed by atoms with E-state index in [1.165, 1.54) is 118 Å². The van der Waals surface area contributed by atoms with E-state index in [-0.39, 0.29) is 0 Å². The lowest BCUT2D eigenvalue weighted by atomic mass is 9.86. The Kier molecular flexibility index (Phi) is 8.28. The highest BCUT2D eigenvalue weighted by atomic mass is 32.1. The van der Waals surface area contributed by atoms with Gasteiger partial charge in [-0.25, -0.2) is 0 Å². The van der Waals surface area contributed by atoms with Crippen LogP contribution in [0.4, 0.5) is 17.1 Å². The number of thiophene rings is 1. The number of aryl methyl sites for hydroxylation is 2. The van der Waals surface area contributed by atoms with E-state index in [1.54, 1.807) is 0 Å². The van der Waals surface area contributed by atoms with Crippen LogP contribution in [0, 0.1) is 13.8 Å². The van der Waals surface area contributed by atoms with Gasteiger partial charge in [0.1, 0.15) is 0 Å². The third-order valence-electron chi connectivity index (χ3n) is 13.5. The fourth-order valence-electron chi connectivity index (χ4n) is 10.4. The maximum absolute atomic E-state index is 2.47. The Morgan fingerprint density at radius 3 is 1.20 bits per heavy atom. The molecule has 0 spiro atoms. The van der Waals surface area contributed by atoms with Crippen molar-refractivity contribution in [2.24, 2.45) is 0 Å². The normalized spacial score (nSPS) is 11.9. The first-order valence-corrected chi connectivity index (χ1v) is 23.0. The standard InChI is InChI=1S/C62H41NS/c1-38-19-26-44(27-20-38)63(45-28-21-39(2)22-29-45)46-30-23-40(24-31-46)61-50-15-7-9-17-52(50)62(53-18-10-8-16-51(53)61)43-25-32-49-58-36-56-55-34-42-12-4-3-11-41(42)33-54(55)47-13-5-6-14-48(47)57(56)37-60(58)64-59(49)35-43/h3-37H,1-2H3. The van der Waals surface area contributed by atoms with Crippen LogP contribution in [0.25, 0.3) is 107 Å². The van der Waals surface area contributed by atoms with Crippen LogP contribution >= 0.6 is 11.3 Å². The van der Waals surface area contributed by atoms with Crippen molar-refractivity contribution in [1.82, 2.24) is 0 Å². The molecule has 0 saturated heterocycles. The second-order valence-electron chi connectivity index (χ2n) is 17.4. The second-order valence-corrected chi connectivity index (χ2v) is 18.5. The number of fused-ring (bicyclic) bond motifs is 12. The zero-order valence-corrected chi connectivity index (χ0v) is 36.4. The monoisotopic (exact) mass is 831 g/mol. The van der Waals surface area contributed by atoms with E-state index in [0.717, 1.165) is 17.1 Å². The van der Waals surface area contributed by atoms with Crippen LogP contribution in [0.5, 0.6) is 0 Å². The summed E-state index contributed by atoms with van der Waals surface area (Å²) in [6, 6.07) is 79.3. The Morgan fingerprint density at radius 2 is 0.672 bits per heavy atom. The highest BCUT2D eigenvalue weighted by Crippen LogP contribution is 2.48. The Hall–Kier alpha value is -7.78. The average molecular weight is 832 g/mol. The Balaban J connectivity index is 0.973. The molecular formula is C62H41NS. The lowest BCUT2D eigenvalue weighted by Crippen LogP contribution is -2.09. The smallest absolute Gasteiger partial charge is 0.0462 e. The van der Waals surface area contributed by atoms with Gasteiger partial charge in [-0.1, -0.05) is 157 Å². The number of benzene rings is 12. The topological polar surface area (TPSA) is 3.24 Å². The van der Waals surface area contributed by atoms with Crippen LogP contribution in [-0.2, 0) is 0 Å². The highest BCUT2D eigenvalue weighted by molar-refractivity contribution is 7.26. The van der Waals surface area contributed by atoms with Crippen molar-refractivity contribution >= 4 is 113 Å². The van der Waals surface area contributed by atoms with Crippen molar-refractivity contribution in [3.05, 3.63) is 223 Å². The van der Waals surface area contributed by atoms with Crippen LogP contribution in [-0.4, -0.2) is 0 Å². The predicted octanol–water partition coefficient (Wildman–Crippen LogP) is 18.4. The first-order valence-electron chi connectivity index (χ1n) is 22.2. The number of anilines is 3. The molecule has 2 heteroatoms. The van der Waals surface area contributed by atoms with Gasteiger partial charge in [-0.05, 0) is 167 Å². The van der Waals surface area contributed by atoms with Gasteiger partial charge in [0.25, 0.3) is 0 Å². The fraction of sp³-hybridized carbons (Fsp3) is 0.0323. The Labute approximate surface area is 375 Å². The minimum atomic E-state index is 1.13. The summed E-state index contributed by atoms with van der Waals surface area (Å²) in [6.45, 7) is 4.28. The van der Waals surface area contributed by atoms with Crippen LogP contribution in [0.3, 0.4) is 0 Å². The first kappa shape index (κ1) is 36.8. The molecule has 0 bridgehead atoms. The second kappa shape index (κ2) is 14.4. The third-order valence-corrected chi connectivity index (χ3v) is 14.6. The van der Waals surface area contributed by atoms with Crippen LogP contribution in [0.15, 0.2) is 212 Å². The summed E-state index contributed by atoms with van der Waals surface area (Å²) in [5.41, 5.74) is 10.9. The summed E-state index contributed by atoms with van der Waals surface area (Å²) in [5, 5.41) is 18.1. The van der Waals surface area contributed by atoms with Crippen molar-refractivity contribution in [2.45, 2.75) is 13.8 Å². The van der Waals surface area contributed by atoms with Gasteiger partial charge in [-0.3, -0.25) is 0 Å². The molecule has 13 rings (SSSR count). The van der Waals surface area contributed by atoms with Gasteiger partial charge in [0.2, 0.25) is 0 Å². The number of hydrogen-bond acceptors (Lipinski definition) is 2. The van der Waals surface area contributed by atoms with E-state index in [0.29, 0.717) is 0 Å². The molecule has 12 aromatic carbocycles. The van der Waals surface area contributed by atoms with Crippen molar-refractivity contribution in [1.29, 1.82) is 0 Å². The molecule has 0 unspecified atom stereocenters. The summed E-state index contributed by atoms with van der Waals surface area (Å²) in [6.07, 6.45) is 0. The molecule has 1 nitrogen and oxygen atoms in total. The Bertz CT molecular complexity index is 3910. The summed E-state index contributed by atoms with van der Waals surface area (Å²) in [4.78, 5) is 2.35. The molecule has 0 radical (unpaired) electrons. The summed E-state index contributed by atoms with van der Waals surface area (Å²) < 4.78 is 2.63. The van der Waals surface area contributed by atoms with Gasteiger partial charge in [0.05, 0.1) is 0 Å². The van der Waals surface area contributed by atoms with E-state index in [1.807, 2.05) is 11.3 Å². The zero-order valence-electron chi connectivity index (χ0n) is 35.6. The number of hydrogen-bond donors (Lipinski definition) is 0. The van der Waals surface area contributed by atoms with E-state index >= 15 is 0 Å². The van der Waals surface area contributed by atoms with Gasteiger partial charge in [0.15, 0.2) is 0 Å². The molecule has 0 aliphatic rings. The van der Waals surface area contributed by atoms with Crippen molar-refractivity contribution in [2.75, 3.05) is 4.90 Å². The van der Waals surface area contributed by atoms with Gasteiger partial charge in [-0.2, -0.15) is 0 Å². The minimum Gasteiger partial charge on any atom is -0.311 e. The summed E-state index contributed by atoms with van der Waals surface area (Å²) in [5.74, 6) is 0. The third kappa shape index (κ3) is 5.76. The molecule has 0 saturated carbocycles. The SMILES string of the molecule is Cc1ccc(N(c2ccc(C)cc2)c2ccc(-c3c4ccccc4c(-c4ccc5c(c4)sc4cc6c7ccccc7c7cc8ccccc8cc7c6cc45)c4ccccc34)cc2)cc1. The quantitative estimate of drug-likeness (QED) is 0.123. The molecule has 0 atom stereocenters. The molecule has 1 heterocycles. The maximum atomic E-state index is 2.47. The van der Waals surface area contributed by atoms with E-state index in [2.05, 4.69) is 231 Å². The van der Waals surface area contributed by atoms with Gasteiger partial charge in [-0.15, -0.1) is 11.3 Å². The zero-order chi connectivity index (χ0) is 42.5. The summed E-state index contributed by atoms with van der Waals surface area (Å²) in [7, 11) is 0. The highest BCUT2D eigenvalue weighted by Gasteiger charge is 2.20. The van der Waals surface area contributed by atoms with Crippen molar-refractivity contribution in [3.8, 4) is 22.3 Å². The average Bonchev–Trinajstić information content (AvgIpc) is 3.70.